The minimum absolute atomic E-state index is 0.336. The van der Waals surface area contributed by atoms with Gasteiger partial charge in [0.15, 0.2) is 0 Å². The Morgan fingerprint density at radius 3 is 2.94 bits per heavy atom. The Hall–Kier alpha value is -0.870. The number of amides is 1. The molecule has 1 aliphatic carbocycles. The van der Waals surface area contributed by atoms with E-state index >= 15 is 0 Å². The zero-order chi connectivity index (χ0) is 11.4. The molecule has 1 fully saturated rings. The molecule has 16 heavy (non-hydrogen) atoms. The molecule has 1 aromatic heterocycles. The van der Waals surface area contributed by atoms with Crippen molar-refractivity contribution >= 4 is 17.2 Å². The van der Waals surface area contributed by atoms with Crippen LogP contribution in [-0.2, 0) is 6.54 Å². The van der Waals surface area contributed by atoms with E-state index in [2.05, 4.69) is 5.32 Å². The van der Waals surface area contributed by atoms with E-state index in [1.54, 1.807) is 11.3 Å². The van der Waals surface area contributed by atoms with Crippen molar-refractivity contribution in [2.24, 2.45) is 11.7 Å². The first-order valence-electron chi connectivity index (χ1n) is 5.83. The van der Waals surface area contributed by atoms with Crippen molar-refractivity contribution in [1.29, 1.82) is 0 Å². The van der Waals surface area contributed by atoms with Crippen LogP contribution in [0.25, 0.3) is 0 Å². The van der Waals surface area contributed by atoms with Gasteiger partial charge >= 0.3 is 0 Å². The second-order valence-corrected chi connectivity index (χ2v) is 5.42. The van der Waals surface area contributed by atoms with Crippen LogP contribution in [0.2, 0.25) is 0 Å². The standard InChI is InChI=1S/C12H18N2OS/c13-12(15)10-6-11(16-8-10)7-14-5-4-9-2-1-3-9/h6,8-9,14H,1-5,7H2,(H2,13,15). The fraction of sp³-hybridized carbons (Fsp3) is 0.583. The van der Waals surface area contributed by atoms with E-state index in [1.807, 2.05) is 11.4 Å². The second kappa shape index (κ2) is 5.46. The van der Waals surface area contributed by atoms with Crippen molar-refractivity contribution in [2.75, 3.05) is 6.54 Å². The Balaban J connectivity index is 1.66. The van der Waals surface area contributed by atoms with E-state index in [1.165, 1.54) is 30.6 Å². The lowest BCUT2D eigenvalue weighted by molar-refractivity contribution is 0.100. The van der Waals surface area contributed by atoms with Gasteiger partial charge in [0.05, 0.1) is 5.56 Å². The monoisotopic (exact) mass is 238 g/mol. The van der Waals surface area contributed by atoms with Crippen molar-refractivity contribution in [1.82, 2.24) is 5.32 Å². The quantitative estimate of drug-likeness (QED) is 0.746. The van der Waals surface area contributed by atoms with E-state index in [0.29, 0.717) is 5.56 Å². The third-order valence-corrected chi connectivity index (χ3v) is 4.13. The maximum atomic E-state index is 10.9. The zero-order valence-electron chi connectivity index (χ0n) is 9.37. The third kappa shape index (κ3) is 3.06. The first-order valence-corrected chi connectivity index (χ1v) is 6.71. The first kappa shape index (κ1) is 11.6. The predicted octanol–water partition coefficient (Wildman–Crippen LogP) is 2.13. The van der Waals surface area contributed by atoms with Gasteiger partial charge in [0.2, 0.25) is 5.91 Å². The van der Waals surface area contributed by atoms with Crippen LogP contribution in [0, 0.1) is 5.92 Å². The number of rotatable bonds is 6. The van der Waals surface area contributed by atoms with Gasteiger partial charge in [0.1, 0.15) is 0 Å². The van der Waals surface area contributed by atoms with Crippen LogP contribution in [-0.4, -0.2) is 12.5 Å². The molecule has 1 saturated carbocycles. The second-order valence-electron chi connectivity index (χ2n) is 4.43. The highest BCUT2D eigenvalue weighted by Gasteiger charge is 2.16. The lowest BCUT2D eigenvalue weighted by atomic mass is 9.83. The normalized spacial score (nSPS) is 16.0. The van der Waals surface area contributed by atoms with E-state index < -0.39 is 0 Å². The molecule has 0 aromatic carbocycles. The molecule has 1 aromatic rings. The topological polar surface area (TPSA) is 55.1 Å². The van der Waals surface area contributed by atoms with Gasteiger partial charge in [-0.2, -0.15) is 0 Å². The molecular formula is C12H18N2OS. The van der Waals surface area contributed by atoms with Crippen LogP contribution in [0.15, 0.2) is 11.4 Å². The van der Waals surface area contributed by atoms with Crippen LogP contribution >= 0.6 is 11.3 Å². The van der Waals surface area contributed by atoms with Gasteiger partial charge in [-0.25, -0.2) is 0 Å². The Bertz CT molecular complexity index is 358. The molecule has 3 nitrogen and oxygen atoms in total. The fourth-order valence-electron chi connectivity index (χ4n) is 1.90. The van der Waals surface area contributed by atoms with Gasteiger partial charge in [-0.15, -0.1) is 11.3 Å². The van der Waals surface area contributed by atoms with E-state index in [-0.39, 0.29) is 5.91 Å². The molecule has 2 rings (SSSR count). The van der Waals surface area contributed by atoms with E-state index in [0.717, 1.165) is 19.0 Å². The molecule has 1 aliphatic rings. The summed E-state index contributed by atoms with van der Waals surface area (Å²) in [5.41, 5.74) is 5.82. The molecular weight excluding hydrogens is 220 g/mol. The van der Waals surface area contributed by atoms with Crippen molar-refractivity contribution in [3.8, 4) is 0 Å². The highest BCUT2D eigenvalue weighted by molar-refractivity contribution is 7.10. The van der Waals surface area contributed by atoms with Crippen LogP contribution in [0.4, 0.5) is 0 Å². The van der Waals surface area contributed by atoms with Crippen molar-refractivity contribution in [3.05, 3.63) is 21.9 Å². The SMILES string of the molecule is NC(=O)c1csc(CNCCC2CCC2)c1. The van der Waals surface area contributed by atoms with Crippen LogP contribution in [0.3, 0.4) is 0 Å². The van der Waals surface area contributed by atoms with Gasteiger partial charge in [0.25, 0.3) is 0 Å². The maximum Gasteiger partial charge on any atom is 0.249 e. The third-order valence-electron chi connectivity index (χ3n) is 3.19. The van der Waals surface area contributed by atoms with Crippen LogP contribution in [0.1, 0.15) is 40.9 Å². The summed E-state index contributed by atoms with van der Waals surface area (Å²) in [4.78, 5) is 12.1. The largest absolute Gasteiger partial charge is 0.366 e. The predicted molar refractivity (Wildman–Crippen MR) is 66.5 cm³/mol. The van der Waals surface area contributed by atoms with Gasteiger partial charge in [-0.05, 0) is 24.9 Å². The summed E-state index contributed by atoms with van der Waals surface area (Å²) >= 11 is 1.59. The maximum absolute atomic E-state index is 10.9. The molecule has 0 unspecified atom stereocenters. The molecule has 0 radical (unpaired) electrons. The molecule has 0 saturated heterocycles. The fourth-order valence-corrected chi connectivity index (χ4v) is 2.74. The Morgan fingerprint density at radius 1 is 1.56 bits per heavy atom. The summed E-state index contributed by atoms with van der Waals surface area (Å²) in [7, 11) is 0. The van der Waals surface area contributed by atoms with Gasteiger partial charge < -0.3 is 11.1 Å². The van der Waals surface area contributed by atoms with Crippen molar-refractivity contribution in [3.63, 3.8) is 0 Å². The van der Waals surface area contributed by atoms with Gasteiger partial charge in [-0.3, -0.25) is 4.79 Å². The number of thiophene rings is 1. The van der Waals surface area contributed by atoms with E-state index in [4.69, 9.17) is 5.73 Å². The summed E-state index contributed by atoms with van der Waals surface area (Å²) in [6.45, 7) is 1.93. The molecule has 4 heteroatoms. The number of carbonyl (C=O) groups excluding carboxylic acids is 1. The average Bonchev–Trinajstić information content (AvgIpc) is 2.63. The lowest BCUT2D eigenvalue weighted by Crippen LogP contribution is -2.20. The molecule has 1 amide bonds. The first-order chi connectivity index (χ1) is 7.75. The van der Waals surface area contributed by atoms with Crippen LogP contribution in [0.5, 0.6) is 0 Å². The smallest absolute Gasteiger partial charge is 0.249 e. The number of hydrogen-bond acceptors (Lipinski definition) is 3. The molecule has 0 aliphatic heterocycles. The Morgan fingerprint density at radius 2 is 2.38 bits per heavy atom. The lowest BCUT2D eigenvalue weighted by Gasteiger charge is -2.25. The number of nitrogens with two attached hydrogens (primary N) is 1. The van der Waals surface area contributed by atoms with Crippen molar-refractivity contribution < 1.29 is 4.79 Å². The van der Waals surface area contributed by atoms with Gasteiger partial charge in [0, 0.05) is 16.8 Å². The average molecular weight is 238 g/mol. The van der Waals surface area contributed by atoms with Gasteiger partial charge in [-0.1, -0.05) is 19.3 Å². The minimum Gasteiger partial charge on any atom is -0.366 e. The highest BCUT2D eigenvalue weighted by Crippen LogP contribution is 2.28. The van der Waals surface area contributed by atoms with E-state index in [9.17, 15) is 4.79 Å². The minimum atomic E-state index is -0.336. The number of carbonyl (C=O) groups is 1. The summed E-state index contributed by atoms with van der Waals surface area (Å²) in [5.74, 6) is 0.619. The Kier molecular flexibility index (Phi) is 3.96. The molecule has 0 bridgehead atoms. The number of hydrogen-bond donors (Lipinski definition) is 2. The Labute approximate surface area is 100 Å². The summed E-state index contributed by atoms with van der Waals surface area (Å²) in [6.07, 6.45) is 5.52. The molecule has 0 spiro atoms. The molecule has 3 N–H and O–H groups in total. The molecule has 88 valence electrons. The molecule has 0 atom stereocenters. The van der Waals surface area contributed by atoms with Crippen molar-refractivity contribution in [2.45, 2.75) is 32.2 Å². The number of nitrogens with one attached hydrogen (secondary N) is 1. The summed E-state index contributed by atoms with van der Waals surface area (Å²) in [6, 6.07) is 1.88. The molecule has 1 heterocycles. The summed E-state index contributed by atoms with van der Waals surface area (Å²) in [5, 5.41) is 5.24. The zero-order valence-corrected chi connectivity index (χ0v) is 10.2. The van der Waals surface area contributed by atoms with Crippen LogP contribution < -0.4 is 11.1 Å². The highest BCUT2D eigenvalue weighted by atomic mass is 32.1. The number of primary amides is 1. The summed E-state index contributed by atoms with van der Waals surface area (Å²) < 4.78 is 0.